The molecule has 0 saturated heterocycles. The molecule has 0 aliphatic heterocycles. The Bertz CT molecular complexity index is 608. The van der Waals surface area contributed by atoms with Crippen molar-refractivity contribution in [1.29, 1.82) is 0 Å². The maximum Gasteiger partial charge on any atom is 0.125 e. The van der Waals surface area contributed by atoms with Crippen molar-refractivity contribution in [3.8, 4) is 0 Å². The van der Waals surface area contributed by atoms with E-state index in [2.05, 4.69) is 5.32 Å². The molecule has 1 unspecified atom stereocenters. The van der Waals surface area contributed by atoms with Crippen molar-refractivity contribution < 1.29 is 4.39 Å². The van der Waals surface area contributed by atoms with Gasteiger partial charge in [-0.15, -0.1) is 0 Å². The first-order chi connectivity index (χ1) is 9.63. The number of nitrogens with one attached hydrogen (secondary N) is 1. The fraction of sp³-hybridized carbons (Fsp3) is 0.250. The van der Waals surface area contributed by atoms with Crippen molar-refractivity contribution in [3.63, 3.8) is 0 Å². The monoisotopic (exact) mass is 309 g/mol. The Kier molecular flexibility index (Phi) is 3.86. The van der Waals surface area contributed by atoms with E-state index in [-0.39, 0.29) is 11.9 Å². The lowest BCUT2D eigenvalue weighted by Gasteiger charge is -2.21. The quantitative estimate of drug-likeness (QED) is 0.764. The van der Waals surface area contributed by atoms with Crippen LogP contribution in [-0.2, 0) is 0 Å². The van der Waals surface area contributed by atoms with Crippen molar-refractivity contribution in [2.24, 2.45) is 5.92 Å². The van der Waals surface area contributed by atoms with Gasteiger partial charge < -0.3 is 5.32 Å². The third-order valence-corrected chi connectivity index (χ3v) is 4.14. The number of rotatable bonds is 4. The highest BCUT2D eigenvalue weighted by atomic mass is 35.5. The molecule has 0 amide bonds. The third kappa shape index (κ3) is 3.08. The first-order valence-electron chi connectivity index (χ1n) is 6.60. The van der Waals surface area contributed by atoms with Gasteiger partial charge >= 0.3 is 0 Å². The summed E-state index contributed by atoms with van der Waals surface area (Å²) < 4.78 is 13.4. The highest BCUT2D eigenvalue weighted by Crippen LogP contribution is 2.43. The minimum absolute atomic E-state index is 0.145. The molecular weight excluding hydrogens is 296 g/mol. The molecule has 0 bridgehead atoms. The van der Waals surface area contributed by atoms with Crippen molar-refractivity contribution >= 4 is 28.9 Å². The van der Waals surface area contributed by atoms with Crippen LogP contribution in [0.1, 0.15) is 24.4 Å². The Morgan fingerprint density at radius 2 is 1.75 bits per heavy atom. The molecule has 0 heterocycles. The number of anilines is 1. The van der Waals surface area contributed by atoms with E-state index in [0.717, 1.165) is 5.56 Å². The minimum atomic E-state index is -0.289. The molecule has 1 saturated carbocycles. The number of halogens is 3. The number of benzene rings is 2. The van der Waals surface area contributed by atoms with Crippen molar-refractivity contribution in [3.05, 3.63) is 63.9 Å². The fourth-order valence-electron chi connectivity index (χ4n) is 2.35. The van der Waals surface area contributed by atoms with Gasteiger partial charge in [0.15, 0.2) is 0 Å². The second-order valence-electron chi connectivity index (χ2n) is 5.14. The number of hydrogen-bond acceptors (Lipinski definition) is 1. The fourth-order valence-corrected chi connectivity index (χ4v) is 2.65. The highest BCUT2D eigenvalue weighted by Gasteiger charge is 2.32. The zero-order valence-corrected chi connectivity index (χ0v) is 12.3. The second kappa shape index (κ2) is 5.63. The van der Waals surface area contributed by atoms with E-state index in [4.69, 9.17) is 23.2 Å². The molecule has 4 heteroatoms. The summed E-state index contributed by atoms with van der Waals surface area (Å²) in [6.07, 6.45) is 2.35. The van der Waals surface area contributed by atoms with Gasteiger partial charge in [0.1, 0.15) is 5.82 Å². The van der Waals surface area contributed by atoms with Crippen LogP contribution in [0.15, 0.2) is 42.5 Å². The van der Waals surface area contributed by atoms with Gasteiger partial charge in [-0.3, -0.25) is 0 Å². The molecule has 2 aromatic rings. The lowest BCUT2D eigenvalue weighted by atomic mass is 10.0. The average molecular weight is 310 g/mol. The van der Waals surface area contributed by atoms with E-state index >= 15 is 0 Å². The summed E-state index contributed by atoms with van der Waals surface area (Å²) in [6, 6.07) is 12.3. The average Bonchev–Trinajstić information content (AvgIpc) is 3.25. The second-order valence-corrected chi connectivity index (χ2v) is 5.98. The summed E-state index contributed by atoms with van der Waals surface area (Å²) >= 11 is 12.1. The van der Waals surface area contributed by atoms with Crippen LogP contribution in [0.5, 0.6) is 0 Å². The Labute approximate surface area is 127 Å². The third-order valence-electron chi connectivity index (χ3n) is 3.56. The molecule has 1 aliphatic carbocycles. The minimum Gasteiger partial charge on any atom is -0.377 e. The molecule has 1 atom stereocenters. The van der Waals surface area contributed by atoms with Gasteiger partial charge in [0.25, 0.3) is 0 Å². The maximum absolute atomic E-state index is 13.4. The largest absolute Gasteiger partial charge is 0.377 e. The summed E-state index contributed by atoms with van der Waals surface area (Å²) in [5, 5.41) is 4.62. The summed E-state index contributed by atoms with van der Waals surface area (Å²) in [7, 11) is 0. The van der Waals surface area contributed by atoms with Crippen LogP contribution in [-0.4, -0.2) is 0 Å². The number of hydrogen-bond donors (Lipinski definition) is 1. The Hall–Kier alpha value is -1.25. The molecule has 104 valence electrons. The summed E-state index contributed by atoms with van der Waals surface area (Å²) in [6.45, 7) is 0. The van der Waals surface area contributed by atoms with E-state index in [9.17, 15) is 4.39 Å². The van der Waals surface area contributed by atoms with E-state index < -0.39 is 0 Å². The Morgan fingerprint density at radius 1 is 1.05 bits per heavy atom. The van der Waals surface area contributed by atoms with Crippen LogP contribution >= 0.6 is 23.2 Å². The molecule has 20 heavy (non-hydrogen) atoms. The van der Waals surface area contributed by atoms with E-state index in [1.165, 1.54) is 25.0 Å². The van der Waals surface area contributed by atoms with Gasteiger partial charge in [-0.2, -0.15) is 0 Å². The molecule has 0 spiro atoms. The molecule has 2 aromatic carbocycles. The molecule has 0 aromatic heterocycles. The summed E-state index contributed by atoms with van der Waals surface area (Å²) in [5.74, 6) is 0.276. The molecule has 0 radical (unpaired) electrons. The van der Waals surface area contributed by atoms with E-state index in [1.54, 1.807) is 6.07 Å². The van der Waals surface area contributed by atoms with Crippen molar-refractivity contribution in [2.75, 3.05) is 5.32 Å². The van der Waals surface area contributed by atoms with E-state index in [1.807, 2.05) is 24.3 Å². The lowest BCUT2D eigenvalue weighted by molar-refractivity contribution is 0.626. The first kappa shape index (κ1) is 13.7. The molecule has 1 fully saturated rings. The molecule has 1 nitrogen and oxygen atoms in total. The van der Waals surface area contributed by atoms with Gasteiger partial charge in [0.05, 0.1) is 16.8 Å². The first-order valence-corrected chi connectivity index (χ1v) is 7.36. The molecule has 1 N–H and O–H groups in total. The topological polar surface area (TPSA) is 12.0 Å². The van der Waals surface area contributed by atoms with Crippen molar-refractivity contribution in [1.82, 2.24) is 0 Å². The van der Waals surface area contributed by atoms with Crippen LogP contribution in [0.3, 0.4) is 0 Å². The summed E-state index contributed by atoms with van der Waals surface area (Å²) in [4.78, 5) is 0. The summed E-state index contributed by atoms with van der Waals surface area (Å²) in [5.41, 5.74) is 1.79. The van der Waals surface area contributed by atoms with Crippen LogP contribution in [0.25, 0.3) is 0 Å². The lowest BCUT2D eigenvalue weighted by Crippen LogP contribution is -2.13. The Morgan fingerprint density at radius 3 is 2.40 bits per heavy atom. The van der Waals surface area contributed by atoms with Crippen LogP contribution in [0, 0.1) is 11.7 Å². The zero-order valence-electron chi connectivity index (χ0n) is 10.7. The molecule has 1 aliphatic rings. The molecule has 3 rings (SSSR count). The highest BCUT2D eigenvalue weighted by molar-refractivity contribution is 6.33. The van der Waals surface area contributed by atoms with Gasteiger partial charge in [-0.05, 0) is 54.7 Å². The van der Waals surface area contributed by atoms with Crippen LogP contribution in [0.4, 0.5) is 10.1 Å². The van der Waals surface area contributed by atoms with Gasteiger partial charge in [0, 0.05) is 5.02 Å². The standard InChI is InChI=1S/C16H14Cl2FN/c17-12-5-3-11(4-6-12)16(10-1-2-10)20-15-9-13(19)7-8-14(15)18/h3-10,16,20H,1-2H2. The molecular formula is C16H14Cl2FN. The van der Waals surface area contributed by atoms with Gasteiger partial charge in [-0.1, -0.05) is 35.3 Å². The van der Waals surface area contributed by atoms with Crippen molar-refractivity contribution in [2.45, 2.75) is 18.9 Å². The van der Waals surface area contributed by atoms with E-state index in [0.29, 0.717) is 21.7 Å². The maximum atomic E-state index is 13.4. The van der Waals surface area contributed by atoms with Crippen LogP contribution < -0.4 is 5.32 Å². The van der Waals surface area contributed by atoms with Crippen LogP contribution in [0.2, 0.25) is 10.0 Å². The van der Waals surface area contributed by atoms with Gasteiger partial charge in [0.2, 0.25) is 0 Å². The SMILES string of the molecule is Fc1ccc(Cl)c(NC(c2ccc(Cl)cc2)C2CC2)c1. The predicted molar refractivity (Wildman–Crippen MR) is 81.9 cm³/mol. The van der Waals surface area contributed by atoms with Gasteiger partial charge in [-0.25, -0.2) is 4.39 Å². The normalized spacial score (nSPS) is 15.9. The smallest absolute Gasteiger partial charge is 0.125 e. The Balaban J connectivity index is 1.88. The predicted octanol–water partition coefficient (Wildman–Crippen LogP) is 5.70. The zero-order chi connectivity index (χ0) is 14.1.